The van der Waals surface area contributed by atoms with E-state index in [2.05, 4.69) is 19.9 Å². The SMILES string of the molecule is O=C(C(Cc1ccncc1)c1ccc(Cl)nc1)C(Cc1ccncc1)c1ccc(Cl)nc1. The molecule has 0 aliphatic carbocycles. The number of pyridine rings is 4. The fourth-order valence-electron chi connectivity index (χ4n) is 3.70. The summed E-state index contributed by atoms with van der Waals surface area (Å²) in [7, 11) is 0. The van der Waals surface area contributed by atoms with Gasteiger partial charge >= 0.3 is 0 Å². The van der Waals surface area contributed by atoms with Crippen LogP contribution in [0.5, 0.6) is 0 Å². The molecule has 0 spiro atoms. The van der Waals surface area contributed by atoms with E-state index in [9.17, 15) is 4.79 Å². The van der Waals surface area contributed by atoms with Gasteiger partial charge in [-0.15, -0.1) is 0 Å². The fourth-order valence-corrected chi connectivity index (χ4v) is 3.93. The largest absolute Gasteiger partial charge is 0.298 e. The molecule has 0 saturated carbocycles. The van der Waals surface area contributed by atoms with E-state index in [1.807, 2.05) is 36.4 Å². The van der Waals surface area contributed by atoms with Crippen molar-refractivity contribution in [1.82, 2.24) is 19.9 Å². The van der Waals surface area contributed by atoms with Gasteiger partial charge in [-0.2, -0.15) is 0 Å². The van der Waals surface area contributed by atoms with Gasteiger partial charge in [-0.05, 0) is 71.5 Å². The maximum atomic E-state index is 14.1. The first-order chi connectivity index (χ1) is 15.6. The molecule has 0 aromatic carbocycles. The Kier molecular flexibility index (Phi) is 7.20. The monoisotopic (exact) mass is 462 g/mol. The highest BCUT2D eigenvalue weighted by Gasteiger charge is 2.30. The molecule has 2 atom stereocenters. The summed E-state index contributed by atoms with van der Waals surface area (Å²) in [6, 6.07) is 14.8. The van der Waals surface area contributed by atoms with Gasteiger partial charge in [0, 0.05) is 49.0 Å². The minimum atomic E-state index is -0.412. The lowest BCUT2D eigenvalue weighted by Gasteiger charge is -2.23. The van der Waals surface area contributed by atoms with E-state index in [1.54, 1.807) is 49.3 Å². The third-order valence-electron chi connectivity index (χ3n) is 5.37. The first-order valence-corrected chi connectivity index (χ1v) is 10.9. The van der Waals surface area contributed by atoms with Gasteiger partial charge in [0.15, 0.2) is 0 Å². The number of ketones is 1. The zero-order chi connectivity index (χ0) is 22.3. The van der Waals surface area contributed by atoms with Gasteiger partial charge in [0.2, 0.25) is 0 Å². The zero-order valence-electron chi connectivity index (χ0n) is 17.1. The summed E-state index contributed by atoms with van der Waals surface area (Å²) in [6.45, 7) is 0. The van der Waals surface area contributed by atoms with Crippen LogP contribution in [0, 0.1) is 0 Å². The van der Waals surface area contributed by atoms with Crippen LogP contribution in [0.4, 0.5) is 0 Å². The Morgan fingerprint density at radius 2 is 1.06 bits per heavy atom. The predicted molar refractivity (Wildman–Crippen MR) is 125 cm³/mol. The lowest BCUT2D eigenvalue weighted by molar-refractivity contribution is -0.122. The van der Waals surface area contributed by atoms with Crippen molar-refractivity contribution in [1.29, 1.82) is 0 Å². The molecule has 0 bridgehead atoms. The maximum absolute atomic E-state index is 14.1. The highest BCUT2D eigenvalue weighted by Crippen LogP contribution is 2.32. The Balaban J connectivity index is 1.73. The van der Waals surface area contributed by atoms with Crippen molar-refractivity contribution in [2.45, 2.75) is 24.7 Å². The Morgan fingerprint density at radius 1 is 0.656 bits per heavy atom. The van der Waals surface area contributed by atoms with Crippen LogP contribution in [0.3, 0.4) is 0 Å². The van der Waals surface area contributed by atoms with Crippen molar-refractivity contribution >= 4 is 29.0 Å². The smallest absolute Gasteiger partial charge is 0.148 e. The molecule has 0 saturated heterocycles. The second-order valence-corrected chi connectivity index (χ2v) is 8.23. The average molecular weight is 463 g/mol. The van der Waals surface area contributed by atoms with Crippen LogP contribution >= 0.6 is 23.2 Å². The van der Waals surface area contributed by atoms with E-state index >= 15 is 0 Å². The summed E-state index contributed by atoms with van der Waals surface area (Å²) in [5.41, 5.74) is 3.67. The molecule has 7 heteroatoms. The first kappa shape index (κ1) is 22.1. The second-order valence-electron chi connectivity index (χ2n) is 7.46. The van der Waals surface area contributed by atoms with Crippen LogP contribution < -0.4 is 0 Å². The topological polar surface area (TPSA) is 68.6 Å². The van der Waals surface area contributed by atoms with E-state index in [4.69, 9.17) is 23.2 Å². The van der Waals surface area contributed by atoms with E-state index in [-0.39, 0.29) is 5.78 Å². The second kappa shape index (κ2) is 10.4. The van der Waals surface area contributed by atoms with Crippen LogP contribution in [0.15, 0.2) is 85.7 Å². The number of carbonyl (C=O) groups excluding carboxylic acids is 1. The van der Waals surface area contributed by atoms with Crippen molar-refractivity contribution in [3.05, 3.63) is 118 Å². The van der Waals surface area contributed by atoms with Gasteiger partial charge in [-0.1, -0.05) is 35.3 Å². The highest BCUT2D eigenvalue weighted by atomic mass is 35.5. The molecule has 5 nitrogen and oxygen atoms in total. The molecule has 4 aromatic rings. The van der Waals surface area contributed by atoms with Gasteiger partial charge in [0.05, 0.1) is 0 Å². The quantitative estimate of drug-likeness (QED) is 0.323. The van der Waals surface area contributed by atoms with Gasteiger partial charge < -0.3 is 0 Å². The van der Waals surface area contributed by atoms with Gasteiger partial charge in [-0.3, -0.25) is 14.8 Å². The van der Waals surface area contributed by atoms with Crippen molar-refractivity contribution in [2.75, 3.05) is 0 Å². The van der Waals surface area contributed by atoms with Crippen LogP contribution in [0.1, 0.15) is 34.1 Å². The molecule has 0 amide bonds. The lowest BCUT2D eigenvalue weighted by Crippen LogP contribution is -2.24. The van der Waals surface area contributed by atoms with Crippen LogP contribution in [-0.2, 0) is 17.6 Å². The summed E-state index contributed by atoms with van der Waals surface area (Å²) in [4.78, 5) is 30.7. The molecule has 4 aromatic heterocycles. The number of aromatic nitrogens is 4. The van der Waals surface area contributed by atoms with E-state index < -0.39 is 11.8 Å². The predicted octanol–water partition coefficient (Wildman–Crippen LogP) is 5.50. The molecule has 0 aliphatic heterocycles. The van der Waals surface area contributed by atoms with E-state index in [0.29, 0.717) is 23.1 Å². The number of halogens is 2. The summed E-state index contributed by atoms with van der Waals surface area (Å²) in [5.74, 6) is -0.749. The molecular weight excluding hydrogens is 443 g/mol. The molecule has 2 unspecified atom stereocenters. The summed E-state index contributed by atoms with van der Waals surface area (Å²) in [6.07, 6.45) is 11.3. The molecule has 4 rings (SSSR count). The minimum absolute atomic E-state index is 0.0758. The summed E-state index contributed by atoms with van der Waals surface area (Å²) in [5, 5.41) is 0.776. The van der Waals surface area contributed by atoms with Gasteiger partial charge in [0.25, 0.3) is 0 Å². The number of nitrogens with zero attached hydrogens (tertiary/aromatic N) is 4. The van der Waals surface area contributed by atoms with Crippen LogP contribution in [0.2, 0.25) is 10.3 Å². The molecule has 0 radical (unpaired) electrons. The molecule has 160 valence electrons. The highest BCUT2D eigenvalue weighted by molar-refractivity contribution is 6.29. The molecule has 32 heavy (non-hydrogen) atoms. The van der Waals surface area contributed by atoms with Crippen molar-refractivity contribution in [3.63, 3.8) is 0 Å². The van der Waals surface area contributed by atoms with Crippen molar-refractivity contribution < 1.29 is 4.79 Å². The fraction of sp³-hybridized carbons (Fsp3) is 0.160. The molecule has 0 aliphatic rings. The number of hydrogen-bond acceptors (Lipinski definition) is 5. The van der Waals surface area contributed by atoms with E-state index in [0.717, 1.165) is 22.3 Å². The number of carbonyl (C=O) groups is 1. The van der Waals surface area contributed by atoms with Crippen LogP contribution in [-0.4, -0.2) is 25.7 Å². The van der Waals surface area contributed by atoms with Crippen LogP contribution in [0.25, 0.3) is 0 Å². The normalized spacial score (nSPS) is 12.8. The lowest BCUT2D eigenvalue weighted by atomic mass is 9.79. The molecule has 4 heterocycles. The summed E-state index contributed by atoms with van der Waals surface area (Å²) < 4.78 is 0. The standard InChI is InChI=1S/C25H20Cl2N4O/c26-23-3-1-19(15-30-23)21(13-17-5-9-28-10-6-17)25(32)22(14-18-7-11-29-12-8-18)20-2-4-24(27)31-16-20/h1-12,15-16,21-22H,13-14H2. The zero-order valence-corrected chi connectivity index (χ0v) is 18.6. The Hall–Kier alpha value is -3.15. The minimum Gasteiger partial charge on any atom is -0.298 e. The number of Topliss-reactive ketones (excluding diaryl/α,β-unsaturated/α-hetero) is 1. The first-order valence-electron chi connectivity index (χ1n) is 10.1. The van der Waals surface area contributed by atoms with Crippen molar-refractivity contribution in [3.8, 4) is 0 Å². The molecule has 0 fully saturated rings. The molecular formula is C25H20Cl2N4O. The van der Waals surface area contributed by atoms with Gasteiger partial charge in [0.1, 0.15) is 16.1 Å². The Labute approximate surface area is 196 Å². The summed E-state index contributed by atoms with van der Waals surface area (Å²) >= 11 is 12.0. The number of rotatable bonds is 8. The Bertz CT molecular complexity index is 1060. The number of hydrogen-bond donors (Lipinski definition) is 0. The van der Waals surface area contributed by atoms with Gasteiger partial charge in [-0.25, -0.2) is 9.97 Å². The Morgan fingerprint density at radius 3 is 1.41 bits per heavy atom. The van der Waals surface area contributed by atoms with E-state index in [1.165, 1.54) is 0 Å². The molecule has 0 N–H and O–H groups in total. The third-order valence-corrected chi connectivity index (χ3v) is 5.82. The van der Waals surface area contributed by atoms with Crippen molar-refractivity contribution in [2.24, 2.45) is 0 Å². The average Bonchev–Trinajstić information content (AvgIpc) is 2.83. The maximum Gasteiger partial charge on any atom is 0.148 e. The third kappa shape index (κ3) is 5.55.